The number of nitrogens with one attached hydrogen (secondary N) is 2. The highest BCUT2D eigenvalue weighted by Crippen LogP contribution is 2.31. The first-order valence-corrected chi connectivity index (χ1v) is 8.46. The third kappa shape index (κ3) is 3.26. The smallest absolute Gasteiger partial charge is 0.157 e. The van der Waals surface area contributed by atoms with Gasteiger partial charge in [0.05, 0.1) is 28.5 Å². The number of nitrogens with zero attached hydrogens (tertiary/aromatic N) is 5. The number of aromatic nitrogens is 5. The van der Waals surface area contributed by atoms with Crippen molar-refractivity contribution in [3.05, 3.63) is 53.7 Å². The molecule has 3 aromatic heterocycles. The molecule has 9 heteroatoms. The normalized spacial score (nSPS) is 11.0. The van der Waals surface area contributed by atoms with Crippen LogP contribution in [0, 0.1) is 5.82 Å². The molecule has 0 amide bonds. The molecule has 0 saturated carbocycles. The number of hydrogen-bond acceptors (Lipinski definition) is 6. The lowest BCUT2D eigenvalue weighted by molar-refractivity contribution is 0.630. The number of hydrogen-bond donors (Lipinski definition) is 2. The van der Waals surface area contributed by atoms with E-state index < -0.39 is 5.82 Å². The molecule has 0 aliphatic heterocycles. The Kier molecular flexibility index (Phi) is 4.33. The number of imidazole rings is 1. The summed E-state index contributed by atoms with van der Waals surface area (Å²) < 4.78 is 14.2. The second-order valence-corrected chi connectivity index (χ2v) is 6.42. The maximum absolute atomic E-state index is 14.2. The zero-order chi connectivity index (χ0) is 19.0. The van der Waals surface area contributed by atoms with E-state index in [0.717, 1.165) is 5.82 Å². The fraction of sp³-hybridized carbons (Fsp3) is 0.111. The summed E-state index contributed by atoms with van der Waals surface area (Å²) in [5, 5.41) is 3.39. The Labute approximate surface area is 159 Å². The Bertz CT molecular complexity index is 1090. The average molecular weight is 384 g/mol. The van der Waals surface area contributed by atoms with Gasteiger partial charge < -0.3 is 15.2 Å². The Morgan fingerprint density at radius 3 is 2.67 bits per heavy atom. The van der Waals surface area contributed by atoms with Crippen LogP contribution in [0.2, 0.25) is 5.02 Å². The van der Waals surface area contributed by atoms with E-state index in [4.69, 9.17) is 11.6 Å². The van der Waals surface area contributed by atoms with Crippen molar-refractivity contribution in [2.24, 2.45) is 0 Å². The quantitative estimate of drug-likeness (QED) is 0.554. The van der Waals surface area contributed by atoms with Gasteiger partial charge in [-0.1, -0.05) is 17.7 Å². The maximum atomic E-state index is 14.2. The van der Waals surface area contributed by atoms with E-state index in [0.29, 0.717) is 28.5 Å². The van der Waals surface area contributed by atoms with Gasteiger partial charge in [0.15, 0.2) is 5.82 Å². The predicted octanol–water partition coefficient (Wildman–Crippen LogP) is 4.02. The van der Waals surface area contributed by atoms with Gasteiger partial charge in [0.25, 0.3) is 0 Å². The summed E-state index contributed by atoms with van der Waals surface area (Å²) in [7, 11) is 3.78. The van der Waals surface area contributed by atoms with Crippen molar-refractivity contribution in [2.75, 3.05) is 24.3 Å². The molecule has 0 spiro atoms. The number of anilines is 3. The number of fused-ring (bicyclic) bond motifs is 1. The maximum Gasteiger partial charge on any atom is 0.157 e. The summed E-state index contributed by atoms with van der Waals surface area (Å²) in [5.41, 5.74) is 1.46. The molecule has 0 aliphatic rings. The van der Waals surface area contributed by atoms with E-state index in [9.17, 15) is 4.39 Å². The van der Waals surface area contributed by atoms with Gasteiger partial charge in [0.2, 0.25) is 0 Å². The van der Waals surface area contributed by atoms with Gasteiger partial charge in [-0.3, -0.25) is 0 Å². The first-order valence-electron chi connectivity index (χ1n) is 8.08. The summed E-state index contributed by atoms with van der Waals surface area (Å²) in [4.78, 5) is 22.4. The number of aromatic amines is 1. The third-order valence-corrected chi connectivity index (χ3v) is 4.26. The second-order valence-electron chi connectivity index (χ2n) is 6.02. The fourth-order valence-corrected chi connectivity index (χ4v) is 2.86. The number of pyridine rings is 1. The van der Waals surface area contributed by atoms with E-state index in [2.05, 4.69) is 30.2 Å². The van der Waals surface area contributed by atoms with Gasteiger partial charge in [-0.15, -0.1) is 0 Å². The monoisotopic (exact) mass is 383 g/mol. The van der Waals surface area contributed by atoms with Crippen molar-refractivity contribution in [1.82, 2.24) is 24.9 Å². The molecule has 0 saturated heterocycles. The molecule has 0 fully saturated rings. The molecule has 7 nitrogen and oxygen atoms in total. The predicted molar refractivity (Wildman–Crippen MR) is 104 cm³/mol. The Hall–Kier alpha value is -3.26. The fourth-order valence-electron chi connectivity index (χ4n) is 2.61. The summed E-state index contributed by atoms with van der Waals surface area (Å²) in [6.07, 6.45) is 4.88. The average Bonchev–Trinajstić information content (AvgIpc) is 3.07. The van der Waals surface area contributed by atoms with Crippen LogP contribution in [0.1, 0.15) is 0 Å². The van der Waals surface area contributed by atoms with Crippen LogP contribution in [0.25, 0.3) is 22.4 Å². The molecule has 136 valence electrons. The highest BCUT2D eigenvalue weighted by molar-refractivity contribution is 6.33. The summed E-state index contributed by atoms with van der Waals surface area (Å²) in [6, 6.07) is 6.24. The Morgan fingerprint density at radius 1 is 1.11 bits per heavy atom. The van der Waals surface area contributed by atoms with Gasteiger partial charge in [-0.2, -0.15) is 0 Å². The van der Waals surface area contributed by atoms with E-state index in [-0.39, 0.29) is 10.6 Å². The molecule has 4 rings (SSSR count). The molecule has 4 aromatic rings. The van der Waals surface area contributed by atoms with Crippen molar-refractivity contribution in [1.29, 1.82) is 0 Å². The Balaban J connectivity index is 1.73. The number of H-pyrrole nitrogens is 1. The number of benzene rings is 1. The molecule has 0 radical (unpaired) electrons. The third-order valence-electron chi connectivity index (χ3n) is 3.95. The van der Waals surface area contributed by atoms with E-state index in [1.165, 1.54) is 6.07 Å². The SMILES string of the molecule is CN(C)c1cnc(Nc2nccc3nc(-c4c(F)cccc4Cl)[nH]c23)cn1. The first-order chi connectivity index (χ1) is 13.0. The molecular formula is C18H15ClFN7. The van der Waals surface area contributed by atoms with Crippen LogP contribution in [0.15, 0.2) is 42.9 Å². The van der Waals surface area contributed by atoms with Gasteiger partial charge in [0.1, 0.15) is 28.8 Å². The zero-order valence-electron chi connectivity index (χ0n) is 14.5. The van der Waals surface area contributed by atoms with Crippen LogP contribution >= 0.6 is 11.6 Å². The minimum absolute atomic E-state index is 0.219. The molecule has 0 bridgehead atoms. The van der Waals surface area contributed by atoms with Crippen LogP contribution in [0.5, 0.6) is 0 Å². The van der Waals surface area contributed by atoms with E-state index >= 15 is 0 Å². The molecule has 1 aromatic carbocycles. The zero-order valence-corrected chi connectivity index (χ0v) is 15.3. The lowest BCUT2D eigenvalue weighted by atomic mass is 10.2. The van der Waals surface area contributed by atoms with Crippen molar-refractivity contribution >= 4 is 40.1 Å². The van der Waals surface area contributed by atoms with Gasteiger partial charge in [-0.05, 0) is 18.2 Å². The van der Waals surface area contributed by atoms with Crippen LogP contribution < -0.4 is 10.2 Å². The van der Waals surface area contributed by atoms with Crippen molar-refractivity contribution < 1.29 is 4.39 Å². The lowest BCUT2D eigenvalue weighted by Gasteiger charge is -2.11. The minimum atomic E-state index is -0.450. The van der Waals surface area contributed by atoms with Crippen LogP contribution in [0.4, 0.5) is 21.8 Å². The van der Waals surface area contributed by atoms with Gasteiger partial charge >= 0.3 is 0 Å². The van der Waals surface area contributed by atoms with Crippen LogP contribution in [0.3, 0.4) is 0 Å². The van der Waals surface area contributed by atoms with Gasteiger partial charge in [0, 0.05) is 20.3 Å². The topological polar surface area (TPSA) is 82.6 Å². The molecule has 0 aliphatic carbocycles. The minimum Gasteiger partial charge on any atom is -0.361 e. The van der Waals surface area contributed by atoms with E-state index in [1.54, 1.807) is 36.8 Å². The molecule has 0 unspecified atom stereocenters. The largest absolute Gasteiger partial charge is 0.361 e. The van der Waals surface area contributed by atoms with Gasteiger partial charge in [-0.25, -0.2) is 24.3 Å². The highest BCUT2D eigenvalue weighted by Gasteiger charge is 2.16. The Morgan fingerprint density at radius 2 is 1.96 bits per heavy atom. The van der Waals surface area contributed by atoms with Crippen molar-refractivity contribution in [3.8, 4) is 11.4 Å². The summed E-state index contributed by atoms with van der Waals surface area (Å²) in [6.45, 7) is 0. The summed E-state index contributed by atoms with van der Waals surface area (Å²) >= 11 is 6.15. The highest BCUT2D eigenvalue weighted by atomic mass is 35.5. The number of halogens is 2. The first kappa shape index (κ1) is 17.2. The molecule has 27 heavy (non-hydrogen) atoms. The van der Waals surface area contributed by atoms with Crippen LogP contribution in [-0.4, -0.2) is 39.0 Å². The second kappa shape index (κ2) is 6.81. The number of rotatable bonds is 4. The molecule has 2 N–H and O–H groups in total. The van der Waals surface area contributed by atoms with E-state index in [1.807, 2.05) is 19.0 Å². The molecular weight excluding hydrogens is 369 g/mol. The van der Waals surface area contributed by atoms with Crippen LogP contribution in [-0.2, 0) is 0 Å². The molecule has 3 heterocycles. The standard InChI is InChI=1S/C18H15ClFN7/c1-27(2)14-9-22-13(8-23-14)25-18-16-12(6-7-21-18)24-17(26-16)15-10(19)4-3-5-11(15)20/h3-9H,1-2H3,(H,24,26)(H,21,22,25). The van der Waals surface area contributed by atoms with Crippen molar-refractivity contribution in [2.45, 2.75) is 0 Å². The molecule has 0 atom stereocenters. The summed E-state index contributed by atoms with van der Waals surface area (Å²) in [5.74, 6) is 1.66. The lowest BCUT2D eigenvalue weighted by Crippen LogP contribution is -2.11. The van der Waals surface area contributed by atoms with Crippen molar-refractivity contribution in [3.63, 3.8) is 0 Å².